The van der Waals surface area contributed by atoms with Crippen molar-refractivity contribution in [3.63, 3.8) is 0 Å². The van der Waals surface area contributed by atoms with E-state index >= 15 is 0 Å². The fraction of sp³-hybridized carbons (Fsp3) is 1.00. The molecule has 0 unspecified atom stereocenters. The molecule has 0 saturated carbocycles. The molecule has 0 radical (unpaired) electrons. The average Bonchev–Trinajstić information content (AvgIpc) is 2.50. The first-order valence-electron chi connectivity index (χ1n) is 7.21. The van der Waals surface area contributed by atoms with E-state index in [1.165, 1.54) is 0 Å². The summed E-state index contributed by atoms with van der Waals surface area (Å²) in [5, 5.41) is 11.0. The zero-order valence-electron chi connectivity index (χ0n) is 14.7. The highest BCUT2D eigenvalue weighted by Gasteiger charge is 2.95. The van der Waals surface area contributed by atoms with Crippen molar-refractivity contribution in [2.24, 2.45) is 0 Å². The maximum absolute atomic E-state index is 13.4. The van der Waals surface area contributed by atoms with Gasteiger partial charge in [0.2, 0.25) is 0 Å². The van der Waals surface area contributed by atoms with Gasteiger partial charge in [0.15, 0.2) is 0 Å². The molecule has 0 bridgehead atoms. The average molecular weight is 507 g/mol. The van der Waals surface area contributed by atoms with Gasteiger partial charge in [0.1, 0.15) is 0 Å². The lowest BCUT2D eigenvalue weighted by molar-refractivity contribution is -0.841. The highest BCUT2D eigenvalue weighted by Crippen LogP contribution is 2.64. The maximum atomic E-state index is 13.4. The molecule has 0 heterocycles. The van der Waals surface area contributed by atoms with Crippen LogP contribution in [0.5, 0.6) is 0 Å². The third-order valence-electron chi connectivity index (χ3n) is 3.75. The smallest absolute Gasteiger partial charge is 0.460 e. The molecule has 188 valence electrons. The van der Waals surface area contributed by atoms with Crippen molar-refractivity contribution in [1.29, 1.82) is 0 Å². The second kappa shape index (κ2) is 7.38. The van der Waals surface area contributed by atoms with Crippen LogP contribution in [-0.2, 0) is 0 Å². The molecular weight excluding hydrogens is 497 g/mol. The minimum Gasteiger partial charge on any atom is -0.633 e. The van der Waals surface area contributed by atoms with E-state index in [1.54, 1.807) is 0 Å². The minimum absolute atomic E-state index is 0.439. The Morgan fingerprint density at radius 2 is 0.742 bits per heavy atom. The summed E-state index contributed by atoms with van der Waals surface area (Å²) in [5.74, 6) is -56.5. The summed E-state index contributed by atoms with van der Waals surface area (Å²) < 4.78 is 218. The summed E-state index contributed by atoms with van der Waals surface area (Å²) >= 11 is 0. The van der Waals surface area contributed by atoms with Gasteiger partial charge in [0.25, 0.3) is 0 Å². The third kappa shape index (κ3) is 4.35. The number of hydroxylamine groups is 3. The molecule has 0 aromatic heterocycles. The maximum Gasteiger partial charge on any atom is 0.460 e. The Labute approximate surface area is 160 Å². The highest BCUT2D eigenvalue weighted by molar-refractivity contribution is 5.15. The molecule has 0 saturated heterocycles. The Bertz CT molecular complexity index is 644. The molecule has 0 rings (SSSR count). The van der Waals surface area contributed by atoms with Crippen LogP contribution in [0.4, 0.5) is 74.6 Å². The predicted molar refractivity (Wildman–Crippen MR) is 65.6 cm³/mol. The van der Waals surface area contributed by atoms with E-state index in [9.17, 15) is 79.8 Å². The molecular formula is C12H10F17NO. The van der Waals surface area contributed by atoms with Gasteiger partial charge in [-0.15, -0.1) is 0 Å². The van der Waals surface area contributed by atoms with Gasteiger partial charge in [-0.05, 0) is 0 Å². The molecule has 31 heavy (non-hydrogen) atoms. The zero-order valence-corrected chi connectivity index (χ0v) is 14.7. The number of alkyl halides is 17. The van der Waals surface area contributed by atoms with Crippen LogP contribution in [0.15, 0.2) is 0 Å². The molecule has 0 amide bonds. The Hall–Kier alpha value is -1.27. The Balaban J connectivity index is 6.56. The summed E-state index contributed by atoms with van der Waals surface area (Å²) in [6, 6.07) is 0. The van der Waals surface area contributed by atoms with E-state index in [0.717, 1.165) is 0 Å². The number of quaternary nitrogens is 1. The normalized spacial score (nSPS) is 16.6. The lowest BCUT2D eigenvalue weighted by Gasteiger charge is -2.43. The number of halogens is 17. The van der Waals surface area contributed by atoms with Crippen molar-refractivity contribution >= 4 is 0 Å². The Morgan fingerprint density at radius 3 is 1.00 bits per heavy atom. The second-order valence-electron chi connectivity index (χ2n) is 6.70. The van der Waals surface area contributed by atoms with Crippen LogP contribution in [0.1, 0.15) is 6.42 Å². The van der Waals surface area contributed by atoms with Gasteiger partial charge in [-0.2, -0.15) is 74.6 Å². The highest BCUT2D eigenvalue weighted by atomic mass is 19.4. The van der Waals surface area contributed by atoms with Crippen LogP contribution >= 0.6 is 0 Å². The molecule has 0 spiro atoms. The van der Waals surface area contributed by atoms with Crippen LogP contribution in [0.3, 0.4) is 0 Å². The lowest BCUT2D eigenvalue weighted by Crippen LogP contribution is -2.74. The number of rotatable bonds is 9. The SMILES string of the molecule is C[N+](C)([O-])CCC(F)(F)C(F)(F)C(F)(F)C(F)(F)C(F)(F)C(F)(F)C(F)(F)C(F)(F)F. The molecule has 0 aromatic rings. The summed E-state index contributed by atoms with van der Waals surface area (Å²) in [6.07, 6.45) is -10.5. The molecule has 0 fully saturated rings. The molecule has 0 aliphatic carbocycles. The van der Waals surface area contributed by atoms with Gasteiger partial charge in [-0.3, -0.25) is 0 Å². The van der Waals surface area contributed by atoms with E-state index in [1.807, 2.05) is 0 Å². The summed E-state index contributed by atoms with van der Waals surface area (Å²) in [5.41, 5.74) is 0. The first kappa shape index (κ1) is 29.7. The lowest BCUT2D eigenvalue weighted by atomic mass is 9.88. The van der Waals surface area contributed by atoms with Gasteiger partial charge in [-0.25, -0.2) is 0 Å². The standard InChI is InChI=1S/C12H10F17NO/c1-30(2,31)4-3-5(13,14)6(15,16)7(17,18)8(19,20)9(21,22)10(23,24)11(25,26)12(27,28)29/h3-4H2,1-2H3. The van der Waals surface area contributed by atoms with E-state index in [2.05, 4.69) is 0 Å². The molecule has 0 aliphatic heterocycles. The third-order valence-corrected chi connectivity index (χ3v) is 3.75. The van der Waals surface area contributed by atoms with Gasteiger partial charge in [0, 0.05) is 0 Å². The van der Waals surface area contributed by atoms with Gasteiger partial charge in [0.05, 0.1) is 27.1 Å². The van der Waals surface area contributed by atoms with Crippen molar-refractivity contribution in [1.82, 2.24) is 0 Å². The number of hydrogen-bond donors (Lipinski definition) is 0. The molecule has 2 nitrogen and oxygen atoms in total. The fourth-order valence-corrected chi connectivity index (χ4v) is 1.76. The van der Waals surface area contributed by atoms with E-state index in [0.29, 0.717) is 14.1 Å². The van der Waals surface area contributed by atoms with Crippen molar-refractivity contribution < 1.29 is 79.3 Å². The number of hydrogen-bond acceptors (Lipinski definition) is 1. The topological polar surface area (TPSA) is 23.1 Å². The second-order valence-corrected chi connectivity index (χ2v) is 6.70. The van der Waals surface area contributed by atoms with Crippen molar-refractivity contribution in [3.8, 4) is 0 Å². The largest absolute Gasteiger partial charge is 0.633 e. The Kier molecular flexibility index (Phi) is 7.07. The van der Waals surface area contributed by atoms with Crippen LogP contribution < -0.4 is 0 Å². The molecule has 19 heteroatoms. The summed E-state index contributed by atoms with van der Waals surface area (Å²) in [7, 11) is 0.879. The van der Waals surface area contributed by atoms with Crippen molar-refractivity contribution in [3.05, 3.63) is 5.21 Å². The van der Waals surface area contributed by atoms with Gasteiger partial charge in [-0.1, -0.05) is 0 Å². The van der Waals surface area contributed by atoms with Crippen LogP contribution in [0, 0.1) is 5.21 Å². The van der Waals surface area contributed by atoms with Crippen LogP contribution in [0.25, 0.3) is 0 Å². The van der Waals surface area contributed by atoms with Gasteiger partial charge >= 0.3 is 47.6 Å². The van der Waals surface area contributed by atoms with E-state index in [-0.39, 0.29) is 0 Å². The Morgan fingerprint density at radius 1 is 0.484 bits per heavy atom. The van der Waals surface area contributed by atoms with Crippen molar-refractivity contribution in [2.75, 3.05) is 20.6 Å². The van der Waals surface area contributed by atoms with E-state index < -0.39 is 65.2 Å². The van der Waals surface area contributed by atoms with Gasteiger partial charge < -0.3 is 9.85 Å². The monoisotopic (exact) mass is 507 g/mol. The van der Waals surface area contributed by atoms with Crippen LogP contribution in [-0.4, -0.2) is 72.9 Å². The first-order chi connectivity index (χ1) is 13.0. The van der Waals surface area contributed by atoms with E-state index in [4.69, 9.17) is 0 Å². The zero-order chi connectivity index (χ0) is 25.9. The summed E-state index contributed by atoms with van der Waals surface area (Å²) in [4.78, 5) is 0. The number of nitrogens with zero attached hydrogens (tertiary/aromatic N) is 1. The minimum atomic E-state index is -8.64. The summed E-state index contributed by atoms with van der Waals surface area (Å²) in [6.45, 7) is -1.76. The van der Waals surface area contributed by atoms with Crippen LogP contribution in [0.2, 0.25) is 0 Å². The quantitative estimate of drug-likeness (QED) is 0.215. The first-order valence-corrected chi connectivity index (χ1v) is 7.21. The fourth-order valence-electron chi connectivity index (χ4n) is 1.76. The molecule has 0 aliphatic rings. The predicted octanol–water partition coefficient (Wildman–Crippen LogP) is 5.96. The molecule has 0 N–H and O–H groups in total. The van der Waals surface area contributed by atoms with Crippen molar-refractivity contribution in [2.45, 2.75) is 54.1 Å². The molecule has 0 atom stereocenters. The molecule has 0 aromatic carbocycles.